The molecular weight excluding hydrogens is 841 g/mol. The van der Waals surface area contributed by atoms with Crippen LogP contribution in [0.1, 0.15) is 87.9 Å². The van der Waals surface area contributed by atoms with Gasteiger partial charge < -0.3 is 49.6 Å². The number of nitrogens with one attached hydrogen (secondary N) is 4. The van der Waals surface area contributed by atoms with Crippen molar-refractivity contribution in [1.29, 1.82) is 0 Å². The summed E-state index contributed by atoms with van der Waals surface area (Å²) in [5.74, 6) is 1.95. The van der Waals surface area contributed by atoms with E-state index >= 15 is 0 Å². The third kappa shape index (κ3) is 9.17. The molecule has 0 bridgehead atoms. The number of methoxy groups -OCH3 is 3. The molecule has 1 saturated heterocycles. The molecule has 7 atom stereocenters. The Balaban J connectivity index is 1.06. The van der Waals surface area contributed by atoms with Crippen molar-refractivity contribution in [3.63, 3.8) is 0 Å². The molecule has 7 unspecified atom stereocenters. The second-order valence-corrected chi connectivity index (χ2v) is 18.0. The molecular formula is C50H60N8O8. The third-order valence-electron chi connectivity index (χ3n) is 13.1. The highest BCUT2D eigenvalue weighted by molar-refractivity contribution is 6.07. The normalized spacial score (nSPS) is 18.0. The van der Waals surface area contributed by atoms with E-state index in [9.17, 15) is 19.5 Å². The zero-order valence-electron chi connectivity index (χ0n) is 38.8. The van der Waals surface area contributed by atoms with Crippen LogP contribution in [0.3, 0.4) is 0 Å². The van der Waals surface area contributed by atoms with Crippen LogP contribution in [-0.2, 0) is 25.6 Å². The van der Waals surface area contributed by atoms with E-state index < -0.39 is 30.5 Å². The number of H-pyrrole nitrogens is 2. The first kappa shape index (κ1) is 46.1. The molecule has 348 valence electrons. The van der Waals surface area contributed by atoms with Crippen LogP contribution in [0, 0.1) is 11.8 Å². The first-order chi connectivity index (χ1) is 31.8. The van der Waals surface area contributed by atoms with E-state index in [0.29, 0.717) is 31.3 Å². The van der Waals surface area contributed by atoms with Gasteiger partial charge in [0, 0.05) is 30.7 Å². The summed E-state index contributed by atoms with van der Waals surface area (Å²) in [5, 5.41) is 19.4. The van der Waals surface area contributed by atoms with E-state index in [1.807, 2.05) is 80.2 Å². The molecule has 16 heteroatoms. The summed E-state index contributed by atoms with van der Waals surface area (Å²) in [6, 6.07) is 21.7. The van der Waals surface area contributed by atoms with E-state index in [2.05, 4.69) is 63.9 Å². The minimum absolute atomic E-state index is 0.0338. The van der Waals surface area contributed by atoms with Crippen LogP contribution >= 0.6 is 0 Å². The number of hydrogen-bond acceptors (Lipinski definition) is 11. The molecule has 1 fully saturated rings. The van der Waals surface area contributed by atoms with E-state index in [-0.39, 0.29) is 35.9 Å². The highest BCUT2D eigenvalue weighted by Crippen LogP contribution is 2.44. The number of aromatic amines is 2. The Hall–Kier alpha value is -6.49. The van der Waals surface area contributed by atoms with E-state index in [1.54, 1.807) is 7.11 Å². The molecule has 2 aliphatic rings. The number of fused-ring (bicyclic) bond motifs is 6. The molecule has 4 aromatic carbocycles. The summed E-state index contributed by atoms with van der Waals surface area (Å²) in [6.45, 7) is 8.82. The smallest absolute Gasteiger partial charge is 0.407 e. The molecule has 66 heavy (non-hydrogen) atoms. The first-order valence-electron chi connectivity index (χ1n) is 22.5. The van der Waals surface area contributed by atoms with Crippen LogP contribution in [0.5, 0.6) is 5.75 Å². The van der Waals surface area contributed by atoms with Crippen LogP contribution in [0.2, 0.25) is 0 Å². The van der Waals surface area contributed by atoms with Crippen molar-refractivity contribution in [3.8, 4) is 28.1 Å². The molecule has 16 nitrogen and oxygen atoms in total. The Labute approximate surface area is 384 Å². The number of ether oxygens (including phenoxy) is 4. The predicted octanol–water partition coefficient (Wildman–Crippen LogP) is 8.16. The van der Waals surface area contributed by atoms with Gasteiger partial charge in [0.1, 0.15) is 36.3 Å². The van der Waals surface area contributed by atoms with Gasteiger partial charge >= 0.3 is 12.2 Å². The number of nitrogens with zero attached hydrogens (tertiary/aromatic N) is 4. The van der Waals surface area contributed by atoms with Crippen LogP contribution in [0.25, 0.3) is 44.2 Å². The molecule has 2 aromatic heterocycles. The number of amides is 3. The monoisotopic (exact) mass is 900 g/mol. The fourth-order valence-corrected chi connectivity index (χ4v) is 9.57. The maximum absolute atomic E-state index is 14.0. The molecule has 5 N–H and O–H groups in total. The minimum Gasteiger partial charge on any atom is -0.488 e. The van der Waals surface area contributed by atoms with Crippen molar-refractivity contribution >= 4 is 39.9 Å². The summed E-state index contributed by atoms with van der Waals surface area (Å²) in [5.41, 5.74) is 7.20. The molecule has 0 radical (unpaired) electrons. The number of likely N-dealkylation sites (tertiary alicyclic amines) is 1. The SMILES string of the molecule is COCC(C)CC(c1ncc(-c2ccc3c(c2)COc2cc4c(ccc5[nH]c(C6CCC(C)N6C(=O)C(NC(=O)OC)C(C)C)nc54)cc2-3)[nH]1)N(C)C(O)C(NC(=O)OC)c1ccccc1. The van der Waals surface area contributed by atoms with Crippen molar-refractivity contribution in [3.05, 3.63) is 102 Å². The van der Waals surface area contributed by atoms with E-state index in [1.165, 1.54) is 14.2 Å². The zero-order chi connectivity index (χ0) is 46.8. The Kier molecular flexibility index (Phi) is 13.6. The number of aliphatic hydroxyl groups excluding tert-OH is 1. The number of carbonyl (C=O) groups excluding carboxylic acids is 3. The van der Waals surface area contributed by atoms with Gasteiger partial charge in [-0.25, -0.2) is 19.6 Å². The van der Waals surface area contributed by atoms with E-state index in [0.717, 1.165) is 73.9 Å². The number of rotatable bonds is 15. The largest absolute Gasteiger partial charge is 0.488 e. The Morgan fingerprint density at radius 2 is 1.70 bits per heavy atom. The molecule has 6 aromatic rings. The Bertz CT molecular complexity index is 2700. The van der Waals surface area contributed by atoms with Gasteiger partial charge in [0.25, 0.3) is 0 Å². The number of carbonyl (C=O) groups is 3. The topological polar surface area (TPSA) is 196 Å². The van der Waals surface area contributed by atoms with Gasteiger partial charge in [-0.05, 0) is 97.0 Å². The molecule has 0 saturated carbocycles. The second kappa shape index (κ2) is 19.5. The lowest BCUT2D eigenvalue weighted by Crippen LogP contribution is -2.52. The van der Waals surface area contributed by atoms with E-state index in [4.69, 9.17) is 28.9 Å². The lowest BCUT2D eigenvalue weighted by Gasteiger charge is -2.36. The molecule has 2 aliphatic heterocycles. The number of alkyl carbamates (subject to hydrolysis) is 2. The van der Waals surface area contributed by atoms with Crippen molar-refractivity contribution < 1.29 is 38.4 Å². The van der Waals surface area contributed by atoms with Gasteiger partial charge in [0.2, 0.25) is 5.91 Å². The van der Waals surface area contributed by atoms with Crippen molar-refractivity contribution in [2.24, 2.45) is 11.8 Å². The average Bonchev–Trinajstić information content (AvgIpc) is 4.09. The number of likely N-dealkylation sites (N-methyl/N-ethyl adjacent to an activating group) is 1. The lowest BCUT2D eigenvalue weighted by atomic mass is 9.92. The van der Waals surface area contributed by atoms with Gasteiger partial charge in [-0.15, -0.1) is 0 Å². The first-order valence-corrected chi connectivity index (χ1v) is 22.5. The van der Waals surface area contributed by atoms with Gasteiger partial charge in [-0.2, -0.15) is 0 Å². The van der Waals surface area contributed by atoms with Crippen LogP contribution < -0.4 is 15.4 Å². The number of hydrogen-bond donors (Lipinski definition) is 5. The quantitative estimate of drug-likeness (QED) is 0.0624. The third-order valence-corrected chi connectivity index (χ3v) is 13.1. The summed E-state index contributed by atoms with van der Waals surface area (Å²) >= 11 is 0. The summed E-state index contributed by atoms with van der Waals surface area (Å²) < 4.78 is 21.7. The highest BCUT2D eigenvalue weighted by Gasteiger charge is 2.41. The summed E-state index contributed by atoms with van der Waals surface area (Å²) in [7, 11) is 6.08. The Morgan fingerprint density at radius 3 is 2.42 bits per heavy atom. The maximum Gasteiger partial charge on any atom is 0.407 e. The van der Waals surface area contributed by atoms with Gasteiger partial charge in [-0.3, -0.25) is 9.69 Å². The van der Waals surface area contributed by atoms with Gasteiger partial charge in [-0.1, -0.05) is 69.3 Å². The van der Waals surface area contributed by atoms with Crippen molar-refractivity contribution in [2.75, 3.05) is 35.0 Å². The summed E-state index contributed by atoms with van der Waals surface area (Å²) in [6.07, 6.45) is 1.54. The minimum atomic E-state index is -1.14. The van der Waals surface area contributed by atoms with Crippen molar-refractivity contribution in [2.45, 2.75) is 90.0 Å². The zero-order valence-corrected chi connectivity index (χ0v) is 38.8. The molecule has 0 spiro atoms. The number of imidazole rings is 2. The number of benzene rings is 4. The van der Waals surface area contributed by atoms with Crippen LogP contribution in [-0.4, -0.2) is 106 Å². The average molecular weight is 901 g/mol. The van der Waals surface area contributed by atoms with Crippen LogP contribution in [0.15, 0.2) is 79.0 Å². The van der Waals surface area contributed by atoms with Crippen LogP contribution in [0.4, 0.5) is 9.59 Å². The molecule has 4 heterocycles. The van der Waals surface area contributed by atoms with Gasteiger partial charge in [0.15, 0.2) is 0 Å². The molecule has 8 rings (SSSR count). The van der Waals surface area contributed by atoms with Crippen molar-refractivity contribution in [1.82, 2.24) is 40.4 Å². The highest BCUT2D eigenvalue weighted by atomic mass is 16.5. The van der Waals surface area contributed by atoms with Gasteiger partial charge in [0.05, 0.1) is 55.3 Å². The fourth-order valence-electron chi connectivity index (χ4n) is 9.57. The number of aromatic nitrogens is 4. The second-order valence-electron chi connectivity index (χ2n) is 18.0. The number of aliphatic hydroxyl groups is 1. The lowest BCUT2D eigenvalue weighted by molar-refractivity contribution is -0.137. The Morgan fingerprint density at radius 1 is 0.939 bits per heavy atom. The maximum atomic E-state index is 14.0. The summed E-state index contributed by atoms with van der Waals surface area (Å²) in [4.78, 5) is 59.4. The molecule has 3 amide bonds. The fraction of sp³-hybridized carbons (Fsp3) is 0.420. The predicted molar refractivity (Wildman–Crippen MR) is 250 cm³/mol. The standard InChI is InChI=1S/C50H60N8O8/c1-27(2)42(55-49(61)64-7)48(60)58-29(4)14-19-39(58)46-52-37-18-16-31-22-36-34-17-15-32(21-33(34)26-66-41(36)23-35(31)44(37)54-46)38-24-51-45(53-38)40(20-28(3)25-63-6)57(5)47(59)43(56-50(62)65-8)30-12-10-9-11-13-30/h9-13,15-18,21-24,27-29,39-40,42-43,47,59H,14,19-20,25-26H2,1-8H3,(H,51,53)(H,52,54)(H,55,61)(H,56,62). The molecule has 0 aliphatic carbocycles.